The molecule has 5 heterocycles. The monoisotopic (exact) mass is 854 g/mol. The Kier molecular flexibility index (Phi) is 11.3. The highest BCUT2D eigenvalue weighted by Crippen LogP contribution is 2.39. The molecular weight excluding hydrogens is 808 g/mol. The smallest absolute Gasteiger partial charge is 0.262 e. The predicted octanol–water partition coefficient (Wildman–Crippen LogP) is 5.83. The molecule has 4 aliphatic heterocycles. The van der Waals surface area contributed by atoms with Crippen LogP contribution in [0.2, 0.25) is 5.02 Å². The fourth-order valence-corrected chi connectivity index (χ4v) is 9.93. The van der Waals surface area contributed by atoms with Gasteiger partial charge in [0.05, 0.1) is 46.0 Å². The highest BCUT2D eigenvalue weighted by Gasteiger charge is 2.45. The van der Waals surface area contributed by atoms with Gasteiger partial charge >= 0.3 is 0 Å². The number of aryl methyl sites for hydroxylation is 1. The first-order valence-corrected chi connectivity index (χ1v) is 22.0. The largest absolute Gasteiger partial charge is 0.495 e. The summed E-state index contributed by atoms with van der Waals surface area (Å²) in [5, 5.41) is 8.22. The molecule has 0 aliphatic carbocycles. The molecule has 3 saturated heterocycles. The zero-order chi connectivity index (χ0) is 42.5. The number of para-hydroxylation sites is 1. The molecule has 0 radical (unpaired) electrons. The van der Waals surface area contributed by atoms with Crippen molar-refractivity contribution in [3.63, 3.8) is 0 Å². The average molecular weight is 855 g/mol. The zero-order valence-electron chi connectivity index (χ0n) is 33.8. The molecule has 0 spiro atoms. The second-order valence-electron chi connectivity index (χ2n) is 16.2. The minimum atomic E-state index is -3.57. The number of methoxy groups -OCH3 is 1. The van der Waals surface area contributed by atoms with Gasteiger partial charge in [-0.2, -0.15) is 4.98 Å². The van der Waals surface area contributed by atoms with Gasteiger partial charge in [-0.05, 0) is 113 Å². The van der Waals surface area contributed by atoms with Crippen LogP contribution < -0.4 is 25.6 Å². The summed E-state index contributed by atoms with van der Waals surface area (Å²) < 4.78 is 31.9. The summed E-state index contributed by atoms with van der Waals surface area (Å²) in [5.74, 6) is -0.0218. The summed E-state index contributed by atoms with van der Waals surface area (Å²) in [6.07, 6.45) is 3.67. The van der Waals surface area contributed by atoms with Gasteiger partial charge in [0.15, 0.2) is 15.7 Å². The van der Waals surface area contributed by atoms with E-state index in [4.69, 9.17) is 16.3 Å². The molecule has 0 bridgehead atoms. The van der Waals surface area contributed by atoms with Crippen LogP contribution in [0, 0.1) is 12.8 Å². The number of anilines is 5. The van der Waals surface area contributed by atoms with Gasteiger partial charge in [-0.15, -0.1) is 0 Å². The van der Waals surface area contributed by atoms with Crippen LogP contribution in [0.25, 0.3) is 0 Å². The van der Waals surface area contributed by atoms with E-state index in [1.807, 2.05) is 12.1 Å². The van der Waals surface area contributed by atoms with Crippen molar-refractivity contribution in [1.29, 1.82) is 0 Å². The minimum Gasteiger partial charge on any atom is -0.495 e. The molecule has 4 aliphatic rings. The summed E-state index contributed by atoms with van der Waals surface area (Å²) in [6.45, 7) is 9.94. The number of piperidine rings is 2. The molecule has 17 heteroatoms. The standard InChI is InChI=1S/C43H47ClN8O7S/c1-24(2)60(57,58)37-8-6-5-7-33(37)46-39-32(44)20-45-43(49-39)47-34-17-25(3)30(19-36(34)59-4)27-13-15-50(16-14-27)21-26-22-51(23-26)28-9-10-29-31(18-28)42(56)52(41(29)55)35-11-12-38(53)48-40(35)54/h5-10,17-20,24,26-27,35H,11-16,21-23H2,1-4H3,(H,48,53,54)(H2,45,46,47,49). The molecule has 15 nitrogen and oxygen atoms in total. The molecule has 1 atom stereocenters. The number of aromatic nitrogens is 2. The van der Waals surface area contributed by atoms with E-state index in [1.54, 1.807) is 57.4 Å². The number of nitrogens with one attached hydrogen (secondary N) is 3. The molecule has 1 unspecified atom stereocenters. The highest BCUT2D eigenvalue weighted by molar-refractivity contribution is 7.92. The number of carbonyl (C=O) groups excluding carboxylic acids is 4. The number of carbonyl (C=O) groups is 4. The Balaban J connectivity index is 0.860. The summed E-state index contributed by atoms with van der Waals surface area (Å²) in [5.41, 5.74) is 4.85. The second-order valence-corrected chi connectivity index (χ2v) is 19.0. The maximum atomic E-state index is 13.3. The number of benzene rings is 3. The van der Waals surface area contributed by atoms with Gasteiger partial charge in [-0.25, -0.2) is 13.4 Å². The van der Waals surface area contributed by atoms with Gasteiger partial charge in [0, 0.05) is 37.7 Å². The molecule has 0 saturated carbocycles. The maximum Gasteiger partial charge on any atom is 0.262 e. The number of rotatable bonds is 12. The maximum absolute atomic E-state index is 13.3. The number of hydrogen-bond acceptors (Lipinski definition) is 13. The fraction of sp³-hybridized carbons (Fsp3) is 0.395. The third-order valence-corrected chi connectivity index (χ3v) is 14.4. The summed E-state index contributed by atoms with van der Waals surface area (Å²) >= 11 is 6.47. The molecule has 3 N–H and O–H groups in total. The number of halogens is 1. The number of fused-ring (bicyclic) bond motifs is 1. The molecule has 314 valence electrons. The van der Waals surface area contributed by atoms with Gasteiger partial charge in [0.25, 0.3) is 11.8 Å². The lowest BCUT2D eigenvalue weighted by molar-refractivity contribution is -0.136. The number of ether oxygens (including phenoxy) is 1. The van der Waals surface area contributed by atoms with E-state index in [1.165, 1.54) is 11.8 Å². The third-order valence-electron chi connectivity index (χ3n) is 11.9. The van der Waals surface area contributed by atoms with E-state index in [0.29, 0.717) is 34.5 Å². The minimum absolute atomic E-state index is 0.0830. The van der Waals surface area contributed by atoms with Crippen molar-refractivity contribution in [1.82, 2.24) is 25.1 Å². The Morgan fingerprint density at radius 3 is 2.38 bits per heavy atom. The summed E-state index contributed by atoms with van der Waals surface area (Å²) in [6, 6.07) is 15.1. The number of nitrogens with zero attached hydrogens (tertiary/aromatic N) is 5. The van der Waals surface area contributed by atoms with Crippen molar-refractivity contribution in [2.45, 2.75) is 68.6 Å². The molecule has 1 aromatic heterocycles. The zero-order valence-corrected chi connectivity index (χ0v) is 35.4. The second kappa shape index (κ2) is 16.5. The van der Waals surface area contributed by atoms with Crippen LogP contribution in [-0.2, 0) is 19.4 Å². The van der Waals surface area contributed by atoms with Crippen LogP contribution in [0.4, 0.5) is 28.8 Å². The Hall–Kier alpha value is -5.58. The molecule has 8 rings (SSSR count). The third kappa shape index (κ3) is 7.90. The molecule has 60 heavy (non-hydrogen) atoms. The van der Waals surface area contributed by atoms with Gasteiger partial charge in [0.2, 0.25) is 17.8 Å². The molecule has 3 aromatic carbocycles. The highest BCUT2D eigenvalue weighted by atomic mass is 35.5. The van der Waals surface area contributed by atoms with E-state index >= 15 is 0 Å². The number of hydrogen-bond donors (Lipinski definition) is 3. The van der Waals surface area contributed by atoms with E-state index in [-0.39, 0.29) is 40.1 Å². The fourth-order valence-electron chi connectivity index (χ4n) is 8.59. The predicted molar refractivity (Wildman–Crippen MR) is 227 cm³/mol. The van der Waals surface area contributed by atoms with Crippen LogP contribution in [0.5, 0.6) is 5.75 Å². The number of amides is 4. The van der Waals surface area contributed by atoms with Crippen molar-refractivity contribution < 1.29 is 32.3 Å². The summed E-state index contributed by atoms with van der Waals surface area (Å²) in [4.78, 5) is 65.3. The van der Waals surface area contributed by atoms with Crippen LogP contribution >= 0.6 is 11.6 Å². The number of imide groups is 2. The van der Waals surface area contributed by atoms with Gasteiger partial charge in [-0.1, -0.05) is 23.7 Å². The molecule has 4 amide bonds. The van der Waals surface area contributed by atoms with Crippen LogP contribution in [0.1, 0.15) is 77.3 Å². The van der Waals surface area contributed by atoms with E-state index in [0.717, 1.165) is 61.7 Å². The Morgan fingerprint density at radius 2 is 1.67 bits per heavy atom. The molecule has 4 aromatic rings. The lowest BCUT2D eigenvalue weighted by Gasteiger charge is -2.44. The lowest BCUT2D eigenvalue weighted by Crippen LogP contribution is -2.54. The van der Waals surface area contributed by atoms with Crippen molar-refractivity contribution in [3.05, 3.63) is 88.1 Å². The molecule has 3 fully saturated rings. The Bertz CT molecular complexity index is 2500. The number of sulfone groups is 1. The van der Waals surface area contributed by atoms with E-state index in [2.05, 4.69) is 48.7 Å². The van der Waals surface area contributed by atoms with Crippen molar-refractivity contribution in [2.24, 2.45) is 5.92 Å². The van der Waals surface area contributed by atoms with Crippen molar-refractivity contribution in [2.75, 3.05) is 55.4 Å². The quantitative estimate of drug-likeness (QED) is 0.145. The van der Waals surface area contributed by atoms with Crippen LogP contribution in [0.3, 0.4) is 0 Å². The number of likely N-dealkylation sites (tertiary alicyclic amines) is 1. The van der Waals surface area contributed by atoms with Gasteiger partial charge in [-0.3, -0.25) is 29.4 Å². The average Bonchev–Trinajstić information content (AvgIpc) is 3.45. The Labute approximate surface area is 353 Å². The van der Waals surface area contributed by atoms with E-state index < -0.39 is 44.8 Å². The first kappa shape index (κ1) is 41.2. The van der Waals surface area contributed by atoms with Crippen LogP contribution in [0.15, 0.2) is 65.7 Å². The van der Waals surface area contributed by atoms with Crippen molar-refractivity contribution >= 4 is 73.9 Å². The normalized spacial score (nSPS) is 19.1. The van der Waals surface area contributed by atoms with Gasteiger partial charge in [0.1, 0.15) is 16.8 Å². The summed E-state index contributed by atoms with van der Waals surface area (Å²) in [7, 11) is -1.95. The van der Waals surface area contributed by atoms with Crippen LogP contribution in [-0.4, -0.2) is 103 Å². The topological polar surface area (TPSA) is 183 Å². The Morgan fingerprint density at radius 1 is 0.933 bits per heavy atom. The molecular formula is C43H47ClN8O7S. The van der Waals surface area contributed by atoms with Gasteiger partial charge < -0.3 is 25.2 Å². The lowest BCUT2D eigenvalue weighted by atomic mass is 9.85. The van der Waals surface area contributed by atoms with E-state index in [9.17, 15) is 27.6 Å². The first-order valence-electron chi connectivity index (χ1n) is 20.1. The SMILES string of the molecule is COc1cc(C2CCN(CC3CN(c4ccc5c(c4)C(=O)N(C4CCC(=O)NC4=O)C5=O)C3)CC2)c(C)cc1Nc1ncc(Cl)c(Nc2ccccc2S(=O)(=O)C(C)C)n1. The van der Waals surface area contributed by atoms with Crippen molar-refractivity contribution in [3.8, 4) is 5.75 Å². The first-order chi connectivity index (χ1) is 28.7.